The van der Waals surface area contributed by atoms with Crippen molar-refractivity contribution in [3.63, 3.8) is 0 Å². The van der Waals surface area contributed by atoms with E-state index >= 15 is 0 Å². The third kappa shape index (κ3) is 2.92. The Morgan fingerprint density at radius 2 is 2.17 bits per heavy atom. The fraction of sp³-hybridized carbons (Fsp3) is 0.176. The normalized spacial score (nSPS) is 12.3. The van der Waals surface area contributed by atoms with Gasteiger partial charge in [-0.2, -0.15) is 0 Å². The number of benzene rings is 2. The number of carbonyl (C=O) groups excluding carboxylic acids is 1. The van der Waals surface area contributed by atoms with Gasteiger partial charge in [0.05, 0.1) is 16.4 Å². The Morgan fingerprint density at radius 1 is 1.42 bits per heavy atom. The van der Waals surface area contributed by atoms with Gasteiger partial charge < -0.3 is 19.2 Å². The minimum absolute atomic E-state index is 0.136. The van der Waals surface area contributed by atoms with E-state index in [0.717, 1.165) is 0 Å². The summed E-state index contributed by atoms with van der Waals surface area (Å²) in [7, 11) is 0. The van der Waals surface area contributed by atoms with Gasteiger partial charge in [0.15, 0.2) is 5.58 Å². The Kier molecular flexibility index (Phi) is 4.40. The molecule has 0 saturated heterocycles. The molecule has 0 amide bonds. The smallest absolute Gasteiger partial charge is 0.171 e. The predicted molar refractivity (Wildman–Crippen MR) is 84.1 cm³/mol. The van der Waals surface area contributed by atoms with Gasteiger partial charge in [-0.1, -0.05) is 35.8 Å². The van der Waals surface area contributed by atoms with Crippen LogP contribution in [0.2, 0.25) is 5.02 Å². The molecule has 0 saturated carbocycles. The molecule has 1 heterocycles. The SMILES string of the molecule is CCC(Oc1cc2onc(-c3ccccc3F)c2cc1Cl)C(=O)[O-]. The topological polar surface area (TPSA) is 75.4 Å². The zero-order valence-corrected chi connectivity index (χ0v) is 13.3. The van der Waals surface area contributed by atoms with E-state index < -0.39 is 17.9 Å². The van der Waals surface area contributed by atoms with Gasteiger partial charge in [0.1, 0.15) is 23.4 Å². The highest BCUT2D eigenvalue weighted by Gasteiger charge is 2.18. The van der Waals surface area contributed by atoms with Gasteiger partial charge in [-0.3, -0.25) is 0 Å². The number of ether oxygens (including phenoxy) is 1. The van der Waals surface area contributed by atoms with E-state index in [1.54, 1.807) is 25.1 Å². The molecule has 1 unspecified atom stereocenters. The molecule has 2 aromatic carbocycles. The van der Waals surface area contributed by atoms with Crippen molar-refractivity contribution < 1.29 is 23.6 Å². The molecule has 0 spiro atoms. The molecule has 0 aliphatic rings. The van der Waals surface area contributed by atoms with E-state index in [1.807, 2.05) is 0 Å². The third-order valence-electron chi connectivity index (χ3n) is 3.56. The number of hydrogen-bond acceptors (Lipinski definition) is 5. The summed E-state index contributed by atoms with van der Waals surface area (Å²) in [6, 6.07) is 9.09. The number of carboxylic acid groups (broad SMARTS) is 1. The van der Waals surface area contributed by atoms with E-state index in [0.29, 0.717) is 16.7 Å². The molecule has 1 atom stereocenters. The van der Waals surface area contributed by atoms with Crippen LogP contribution in [0.15, 0.2) is 40.9 Å². The molecule has 5 nitrogen and oxygen atoms in total. The van der Waals surface area contributed by atoms with Gasteiger partial charge in [0, 0.05) is 11.6 Å². The molecule has 3 rings (SSSR count). The number of fused-ring (bicyclic) bond motifs is 1. The van der Waals surface area contributed by atoms with Crippen LogP contribution in [0, 0.1) is 5.82 Å². The Hall–Kier alpha value is -2.60. The Balaban J connectivity index is 2.05. The highest BCUT2D eigenvalue weighted by Crippen LogP contribution is 2.36. The lowest BCUT2D eigenvalue weighted by atomic mass is 10.1. The quantitative estimate of drug-likeness (QED) is 0.707. The lowest BCUT2D eigenvalue weighted by Crippen LogP contribution is -2.39. The Bertz CT molecular complexity index is 909. The largest absolute Gasteiger partial charge is 0.546 e. The van der Waals surface area contributed by atoms with Crippen LogP contribution in [-0.2, 0) is 4.79 Å². The molecule has 24 heavy (non-hydrogen) atoms. The first-order chi connectivity index (χ1) is 11.5. The van der Waals surface area contributed by atoms with E-state index in [9.17, 15) is 14.3 Å². The van der Waals surface area contributed by atoms with Gasteiger partial charge in [-0.15, -0.1) is 0 Å². The molecule has 7 heteroatoms. The van der Waals surface area contributed by atoms with Crippen LogP contribution in [-0.4, -0.2) is 17.2 Å². The fourth-order valence-electron chi connectivity index (χ4n) is 2.33. The number of aromatic nitrogens is 1. The van der Waals surface area contributed by atoms with E-state index in [-0.39, 0.29) is 22.8 Å². The molecular weight excluding hydrogens is 337 g/mol. The van der Waals surface area contributed by atoms with Crippen molar-refractivity contribution in [2.75, 3.05) is 0 Å². The van der Waals surface area contributed by atoms with Crippen LogP contribution in [0.3, 0.4) is 0 Å². The van der Waals surface area contributed by atoms with E-state index in [4.69, 9.17) is 20.9 Å². The van der Waals surface area contributed by atoms with Crippen LogP contribution in [0.4, 0.5) is 4.39 Å². The molecule has 0 bridgehead atoms. The van der Waals surface area contributed by atoms with Gasteiger partial charge in [-0.05, 0) is 24.6 Å². The minimum atomic E-state index is -1.33. The summed E-state index contributed by atoms with van der Waals surface area (Å²) in [5.74, 6) is -1.64. The minimum Gasteiger partial charge on any atom is -0.546 e. The third-order valence-corrected chi connectivity index (χ3v) is 3.85. The summed E-state index contributed by atoms with van der Waals surface area (Å²) in [6.45, 7) is 1.65. The molecular formula is C17H12ClFNO4-. The zero-order valence-electron chi connectivity index (χ0n) is 12.6. The Morgan fingerprint density at radius 3 is 2.83 bits per heavy atom. The van der Waals surface area contributed by atoms with E-state index in [2.05, 4.69) is 5.16 Å². The first-order valence-electron chi connectivity index (χ1n) is 7.22. The van der Waals surface area contributed by atoms with Gasteiger partial charge >= 0.3 is 0 Å². The Labute approximate surface area is 141 Å². The maximum Gasteiger partial charge on any atom is 0.171 e. The zero-order chi connectivity index (χ0) is 17.3. The lowest BCUT2D eigenvalue weighted by Gasteiger charge is -2.18. The van der Waals surface area contributed by atoms with Crippen molar-refractivity contribution >= 4 is 28.5 Å². The number of aliphatic carboxylic acids is 1. The van der Waals surface area contributed by atoms with Crippen LogP contribution >= 0.6 is 11.6 Å². The number of carboxylic acids is 1. The molecule has 0 aliphatic heterocycles. The van der Waals surface area contributed by atoms with Gasteiger partial charge in [0.2, 0.25) is 0 Å². The second kappa shape index (κ2) is 6.49. The number of nitrogens with zero attached hydrogens (tertiary/aromatic N) is 1. The average molecular weight is 349 g/mol. The molecule has 0 radical (unpaired) electrons. The molecule has 1 aromatic heterocycles. The monoisotopic (exact) mass is 348 g/mol. The fourth-order valence-corrected chi connectivity index (χ4v) is 2.54. The summed E-state index contributed by atoms with van der Waals surface area (Å²) in [5.41, 5.74) is 0.895. The first kappa shape index (κ1) is 16.3. The van der Waals surface area contributed by atoms with Gasteiger partial charge in [0.25, 0.3) is 0 Å². The molecule has 124 valence electrons. The highest BCUT2D eigenvalue weighted by atomic mass is 35.5. The van der Waals surface area contributed by atoms with Crippen LogP contribution in [0.5, 0.6) is 5.75 Å². The number of rotatable bonds is 5. The predicted octanol–water partition coefficient (Wildman–Crippen LogP) is 3.19. The first-order valence-corrected chi connectivity index (χ1v) is 7.60. The second-order valence-electron chi connectivity index (χ2n) is 5.12. The maximum absolute atomic E-state index is 14.0. The highest BCUT2D eigenvalue weighted by molar-refractivity contribution is 6.33. The molecule has 0 N–H and O–H groups in total. The van der Waals surface area contributed by atoms with Crippen molar-refractivity contribution in [2.45, 2.75) is 19.4 Å². The maximum atomic E-state index is 14.0. The van der Waals surface area contributed by atoms with Crippen molar-refractivity contribution in [1.82, 2.24) is 5.16 Å². The lowest BCUT2D eigenvalue weighted by molar-refractivity contribution is -0.313. The van der Waals surface area contributed by atoms with Crippen molar-refractivity contribution in [3.05, 3.63) is 47.2 Å². The average Bonchev–Trinajstić information content (AvgIpc) is 2.95. The summed E-state index contributed by atoms with van der Waals surface area (Å²) in [4.78, 5) is 11.0. The number of halogens is 2. The standard InChI is InChI=1S/C17H13ClFNO4/c1-2-13(17(21)22)23-15-8-14-10(7-11(15)18)16(20-24-14)9-5-3-4-6-12(9)19/h3-8,13H,2H2,1H3,(H,21,22)/p-1. The summed E-state index contributed by atoms with van der Waals surface area (Å²) in [6.07, 6.45) is -0.915. The van der Waals surface area contributed by atoms with Crippen molar-refractivity contribution in [1.29, 1.82) is 0 Å². The van der Waals surface area contributed by atoms with Crippen LogP contribution < -0.4 is 9.84 Å². The van der Waals surface area contributed by atoms with Crippen molar-refractivity contribution in [2.24, 2.45) is 0 Å². The van der Waals surface area contributed by atoms with Crippen molar-refractivity contribution in [3.8, 4) is 17.0 Å². The van der Waals surface area contributed by atoms with Crippen LogP contribution in [0.1, 0.15) is 13.3 Å². The number of carbonyl (C=O) groups is 1. The summed E-state index contributed by atoms with van der Waals surface area (Å²) in [5, 5.41) is 15.5. The van der Waals surface area contributed by atoms with Crippen LogP contribution in [0.25, 0.3) is 22.2 Å². The van der Waals surface area contributed by atoms with E-state index in [1.165, 1.54) is 18.2 Å². The second-order valence-corrected chi connectivity index (χ2v) is 5.53. The summed E-state index contributed by atoms with van der Waals surface area (Å²) < 4.78 is 24.5. The summed E-state index contributed by atoms with van der Waals surface area (Å²) >= 11 is 6.16. The molecule has 3 aromatic rings. The van der Waals surface area contributed by atoms with Gasteiger partial charge in [-0.25, -0.2) is 4.39 Å². The number of hydrogen-bond donors (Lipinski definition) is 0. The molecule has 0 aliphatic carbocycles. The molecule has 0 fully saturated rings.